The Bertz CT molecular complexity index is 885. The minimum Gasteiger partial charge on any atom is -0.491 e. The van der Waals surface area contributed by atoms with Gasteiger partial charge in [-0.1, -0.05) is 41.4 Å². The molecule has 0 aliphatic rings. The van der Waals surface area contributed by atoms with E-state index < -0.39 is 15.9 Å². The number of halogens is 1. The van der Waals surface area contributed by atoms with Gasteiger partial charge >= 0.3 is 0 Å². The number of aryl methyl sites for hydroxylation is 1. The van der Waals surface area contributed by atoms with Crippen molar-refractivity contribution in [1.29, 1.82) is 0 Å². The van der Waals surface area contributed by atoms with Crippen LogP contribution in [0.25, 0.3) is 0 Å². The number of rotatable bonds is 8. The number of nitrogens with one attached hydrogen (secondary N) is 1. The van der Waals surface area contributed by atoms with Gasteiger partial charge in [0.15, 0.2) is 0 Å². The smallest absolute Gasteiger partial charge is 0.241 e. The molecule has 1 atom stereocenters. The maximum absolute atomic E-state index is 12.3. The van der Waals surface area contributed by atoms with Crippen LogP contribution in [0, 0.1) is 6.92 Å². The van der Waals surface area contributed by atoms with Crippen LogP contribution in [0.3, 0.4) is 0 Å². The molecule has 8 heteroatoms. The topological polar surface area (TPSA) is 75.7 Å². The van der Waals surface area contributed by atoms with Crippen LogP contribution in [-0.4, -0.2) is 39.8 Å². The highest BCUT2D eigenvalue weighted by Gasteiger charge is 2.23. The summed E-state index contributed by atoms with van der Waals surface area (Å²) in [4.78, 5) is 12.3. The third kappa shape index (κ3) is 6.45. The van der Waals surface area contributed by atoms with E-state index in [4.69, 9.17) is 16.3 Å². The summed E-state index contributed by atoms with van der Waals surface area (Å²) in [5.41, 5.74) is 1.39. The molecule has 1 amide bonds. The summed E-state index contributed by atoms with van der Waals surface area (Å²) in [5.74, 6) is 0.260. The second kappa shape index (κ2) is 9.10. The zero-order valence-electron chi connectivity index (χ0n) is 15.5. The molecule has 2 rings (SSSR count). The van der Waals surface area contributed by atoms with Crippen molar-refractivity contribution < 1.29 is 17.9 Å². The summed E-state index contributed by atoms with van der Waals surface area (Å²) in [6, 6.07) is 13.8. The molecule has 0 aliphatic heterocycles. The summed E-state index contributed by atoms with van der Waals surface area (Å²) < 4.78 is 30.8. The number of carbonyl (C=O) groups is 1. The second-order valence-electron chi connectivity index (χ2n) is 6.31. The standard InChI is InChI=1S/C19H23ClN2O4S/c1-14-8-10-16(11-9-14)26-13-15(2)21-19(23)12-22(27(3,24)25)18-7-5-4-6-17(18)20/h4-11,15H,12-13H2,1-3H3,(H,21,23). The minimum absolute atomic E-state index is 0.256. The molecule has 1 unspecified atom stereocenters. The van der Waals surface area contributed by atoms with E-state index in [0.717, 1.165) is 16.1 Å². The van der Waals surface area contributed by atoms with E-state index in [0.29, 0.717) is 5.75 Å². The molecule has 0 bridgehead atoms. The van der Waals surface area contributed by atoms with E-state index in [-0.39, 0.29) is 29.9 Å². The van der Waals surface area contributed by atoms with Crippen LogP contribution in [0.2, 0.25) is 5.02 Å². The summed E-state index contributed by atoms with van der Waals surface area (Å²) in [6.45, 7) is 3.67. The van der Waals surface area contributed by atoms with Crippen LogP contribution in [0.15, 0.2) is 48.5 Å². The zero-order valence-corrected chi connectivity index (χ0v) is 17.0. The summed E-state index contributed by atoms with van der Waals surface area (Å²) >= 11 is 6.09. The van der Waals surface area contributed by atoms with Crippen LogP contribution in [0.5, 0.6) is 5.75 Å². The lowest BCUT2D eigenvalue weighted by Crippen LogP contribution is -2.45. The van der Waals surface area contributed by atoms with E-state index >= 15 is 0 Å². The molecule has 6 nitrogen and oxygen atoms in total. The van der Waals surface area contributed by atoms with Gasteiger partial charge in [-0.2, -0.15) is 0 Å². The zero-order chi connectivity index (χ0) is 20.0. The number of para-hydroxylation sites is 1. The second-order valence-corrected chi connectivity index (χ2v) is 8.63. The Labute approximate surface area is 165 Å². The van der Waals surface area contributed by atoms with Gasteiger partial charge in [0.1, 0.15) is 18.9 Å². The first kappa shape index (κ1) is 21.1. The molecule has 146 valence electrons. The Kier molecular flexibility index (Phi) is 7.10. The van der Waals surface area contributed by atoms with E-state index in [1.165, 1.54) is 0 Å². The molecule has 0 saturated carbocycles. The van der Waals surface area contributed by atoms with Crippen molar-refractivity contribution in [1.82, 2.24) is 5.32 Å². The minimum atomic E-state index is -3.67. The Hall–Kier alpha value is -2.25. The van der Waals surface area contributed by atoms with Crippen molar-refractivity contribution in [3.63, 3.8) is 0 Å². The number of anilines is 1. The van der Waals surface area contributed by atoms with Gasteiger partial charge in [0.05, 0.1) is 23.0 Å². The van der Waals surface area contributed by atoms with Crippen LogP contribution in [0.1, 0.15) is 12.5 Å². The number of hydrogen-bond acceptors (Lipinski definition) is 4. The molecule has 0 heterocycles. The first-order chi connectivity index (χ1) is 12.7. The lowest BCUT2D eigenvalue weighted by atomic mass is 10.2. The Morgan fingerprint density at radius 3 is 2.41 bits per heavy atom. The van der Waals surface area contributed by atoms with Crippen molar-refractivity contribution in [2.24, 2.45) is 0 Å². The number of nitrogens with zero attached hydrogens (tertiary/aromatic N) is 1. The number of benzene rings is 2. The van der Waals surface area contributed by atoms with E-state index in [9.17, 15) is 13.2 Å². The summed E-state index contributed by atoms with van der Waals surface area (Å²) in [5, 5.41) is 3.00. The van der Waals surface area contributed by atoms with E-state index in [1.807, 2.05) is 31.2 Å². The predicted molar refractivity (Wildman–Crippen MR) is 108 cm³/mol. The Morgan fingerprint density at radius 1 is 1.19 bits per heavy atom. The molecule has 0 saturated heterocycles. The SMILES string of the molecule is Cc1ccc(OCC(C)NC(=O)CN(c2ccccc2Cl)S(C)(=O)=O)cc1. The number of amides is 1. The molecular weight excluding hydrogens is 388 g/mol. The molecule has 0 aliphatic carbocycles. The Balaban J connectivity index is 1.97. The fourth-order valence-corrected chi connectivity index (χ4v) is 3.54. The number of hydrogen-bond donors (Lipinski definition) is 1. The maximum atomic E-state index is 12.3. The number of sulfonamides is 1. The third-order valence-corrected chi connectivity index (χ3v) is 5.18. The highest BCUT2D eigenvalue weighted by molar-refractivity contribution is 7.92. The van der Waals surface area contributed by atoms with Gasteiger partial charge in [-0.15, -0.1) is 0 Å². The van der Waals surface area contributed by atoms with Gasteiger partial charge in [-0.25, -0.2) is 8.42 Å². The largest absolute Gasteiger partial charge is 0.491 e. The van der Waals surface area contributed by atoms with Gasteiger partial charge in [0.2, 0.25) is 15.9 Å². The Morgan fingerprint density at radius 2 is 1.81 bits per heavy atom. The van der Waals surface area contributed by atoms with Gasteiger partial charge < -0.3 is 10.1 Å². The lowest BCUT2D eigenvalue weighted by Gasteiger charge is -2.24. The van der Waals surface area contributed by atoms with Crippen LogP contribution < -0.4 is 14.4 Å². The third-order valence-electron chi connectivity index (χ3n) is 3.74. The summed E-state index contributed by atoms with van der Waals surface area (Å²) in [7, 11) is -3.67. The van der Waals surface area contributed by atoms with Gasteiger partial charge in [0.25, 0.3) is 0 Å². The molecule has 0 spiro atoms. The fourth-order valence-electron chi connectivity index (χ4n) is 2.38. The highest BCUT2D eigenvalue weighted by Crippen LogP contribution is 2.26. The maximum Gasteiger partial charge on any atom is 0.241 e. The fraction of sp³-hybridized carbons (Fsp3) is 0.316. The predicted octanol–water partition coefficient (Wildman–Crippen LogP) is 3.00. The van der Waals surface area contributed by atoms with Crippen molar-refractivity contribution in [3.05, 3.63) is 59.1 Å². The van der Waals surface area contributed by atoms with Crippen LogP contribution in [-0.2, 0) is 14.8 Å². The first-order valence-corrected chi connectivity index (χ1v) is 10.6. The normalized spacial score (nSPS) is 12.3. The quantitative estimate of drug-likeness (QED) is 0.725. The van der Waals surface area contributed by atoms with Crippen molar-refractivity contribution in [2.45, 2.75) is 19.9 Å². The molecule has 0 radical (unpaired) electrons. The van der Waals surface area contributed by atoms with Crippen molar-refractivity contribution in [3.8, 4) is 5.75 Å². The monoisotopic (exact) mass is 410 g/mol. The molecule has 2 aromatic carbocycles. The van der Waals surface area contributed by atoms with Gasteiger partial charge in [-0.05, 0) is 38.1 Å². The molecular formula is C19H23ClN2O4S. The number of carbonyl (C=O) groups excluding carboxylic acids is 1. The molecule has 27 heavy (non-hydrogen) atoms. The highest BCUT2D eigenvalue weighted by atomic mass is 35.5. The van der Waals surface area contributed by atoms with E-state index in [2.05, 4.69) is 5.32 Å². The summed E-state index contributed by atoms with van der Waals surface area (Å²) in [6.07, 6.45) is 1.04. The van der Waals surface area contributed by atoms with Gasteiger partial charge in [0, 0.05) is 0 Å². The molecule has 0 fully saturated rings. The van der Waals surface area contributed by atoms with Gasteiger partial charge in [-0.3, -0.25) is 9.10 Å². The van der Waals surface area contributed by atoms with Crippen LogP contribution >= 0.6 is 11.6 Å². The van der Waals surface area contributed by atoms with Crippen LogP contribution in [0.4, 0.5) is 5.69 Å². The van der Waals surface area contributed by atoms with Crippen molar-refractivity contribution in [2.75, 3.05) is 23.7 Å². The number of ether oxygens (including phenoxy) is 1. The molecule has 2 aromatic rings. The average Bonchev–Trinajstić information content (AvgIpc) is 2.59. The lowest BCUT2D eigenvalue weighted by molar-refractivity contribution is -0.120. The average molecular weight is 411 g/mol. The molecule has 0 aromatic heterocycles. The van der Waals surface area contributed by atoms with Crippen molar-refractivity contribution >= 4 is 33.2 Å². The first-order valence-electron chi connectivity index (χ1n) is 8.38. The van der Waals surface area contributed by atoms with E-state index in [1.54, 1.807) is 31.2 Å². The molecule has 1 N–H and O–H groups in total.